The van der Waals surface area contributed by atoms with E-state index in [0.29, 0.717) is 5.92 Å². The molecule has 0 aliphatic carbocycles. The fraction of sp³-hybridized carbons (Fsp3) is 0.467. The Balaban J connectivity index is 2.36. The van der Waals surface area contributed by atoms with E-state index in [2.05, 4.69) is 62.2 Å². The summed E-state index contributed by atoms with van der Waals surface area (Å²) in [5.41, 5.74) is 2.67. The van der Waals surface area contributed by atoms with Crippen LogP contribution in [0.3, 0.4) is 0 Å². The van der Waals surface area contributed by atoms with Crippen LogP contribution in [0.1, 0.15) is 43.6 Å². The van der Waals surface area contributed by atoms with Crippen LogP contribution in [0.5, 0.6) is 0 Å². The van der Waals surface area contributed by atoms with E-state index in [0.717, 1.165) is 5.82 Å². The van der Waals surface area contributed by atoms with E-state index in [-0.39, 0.29) is 5.41 Å². The average Bonchev–Trinajstić information content (AvgIpc) is 2.75. The lowest BCUT2D eigenvalue weighted by molar-refractivity contribution is 0.411. The predicted octanol–water partition coefficient (Wildman–Crippen LogP) is 3.20. The molecule has 0 aliphatic heterocycles. The first-order valence-corrected chi connectivity index (χ1v) is 6.34. The number of benzene rings is 1. The molecule has 1 aromatic heterocycles. The summed E-state index contributed by atoms with van der Waals surface area (Å²) in [5.74, 6) is 1.34. The highest BCUT2D eigenvalue weighted by atomic mass is 15.2. The first-order valence-electron chi connectivity index (χ1n) is 6.34. The zero-order chi connectivity index (χ0) is 13.3. The van der Waals surface area contributed by atoms with Crippen LogP contribution < -0.4 is 0 Å². The van der Waals surface area contributed by atoms with Gasteiger partial charge in [-0.05, 0) is 17.9 Å². The van der Waals surface area contributed by atoms with E-state index in [1.54, 1.807) is 6.33 Å². The van der Waals surface area contributed by atoms with Gasteiger partial charge in [-0.25, -0.2) is 0 Å². The minimum Gasteiger partial charge on any atom is -0.320 e. The van der Waals surface area contributed by atoms with Crippen LogP contribution in [0, 0.1) is 6.92 Å². The number of hydrogen-bond donors (Lipinski definition) is 0. The first-order chi connectivity index (χ1) is 8.43. The van der Waals surface area contributed by atoms with Crippen LogP contribution in [0.25, 0.3) is 0 Å². The highest BCUT2D eigenvalue weighted by Crippen LogP contribution is 2.37. The van der Waals surface area contributed by atoms with Gasteiger partial charge in [-0.2, -0.15) is 0 Å². The van der Waals surface area contributed by atoms with Crippen molar-refractivity contribution in [2.45, 2.75) is 39.0 Å². The van der Waals surface area contributed by atoms with Crippen LogP contribution in [-0.2, 0) is 12.5 Å². The van der Waals surface area contributed by atoms with Crippen LogP contribution >= 0.6 is 0 Å². The molecule has 18 heavy (non-hydrogen) atoms. The number of nitrogens with zero attached hydrogens (tertiary/aromatic N) is 3. The highest BCUT2D eigenvalue weighted by molar-refractivity contribution is 5.30. The summed E-state index contributed by atoms with van der Waals surface area (Å²) < 4.78 is 2.00. The van der Waals surface area contributed by atoms with E-state index < -0.39 is 0 Å². The van der Waals surface area contributed by atoms with Crippen molar-refractivity contribution in [3.05, 3.63) is 47.5 Å². The molecule has 0 amide bonds. The summed E-state index contributed by atoms with van der Waals surface area (Å²) in [5, 5.41) is 8.22. The molecule has 0 bridgehead atoms. The summed E-state index contributed by atoms with van der Waals surface area (Å²) in [4.78, 5) is 0. The second kappa shape index (κ2) is 4.56. The highest BCUT2D eigenvalue weighted by Gasteiger charge is 2.31. The predicted molar refractivity (Wildman–Crippen MR) is 73.6 cm³/mol. The Morgan fingerprint density at radius 1 is 1.17 bits per heavy atom. The van der Waals surface area contributed by atoms with Gasteiger partial charge in [-0.3, -0.25) is 0 Å². The molecule has 3 heteroatoms. The molecule has 0 spiro atoms. The van der Waals surface area contributed by atoms with Crippen molar-refractivity contribution in [3.63, 3.8) is 0 Å². The maximum Gasteiger partial charge on any atom is 0.136 e. The summed E-state index contributed by atoms with van der Waals surface area (Å²) in [6.45, 7) is 8.85. The average molecular weight is 243 g/mol. The van der Waals surface area contributed by atoms with Gasteiger partial charge in [0.15, 0.2) is 0 Å². The van der Waals surface area contributed by atoms with Gasteiger partial charge >= 0.3 is 0 Å². The second-order valence-corrected chi connectivity index (χ2v) is 5.61. The Labute approximate surface area is 109 Å². The molecular weight excluding hydrogens is 222 g/mol. The van der Waals surface area contributed by atoms with Gasteiger partial charge in [0.2, 0.25) is 0 Å². The molecule has 2 rings (SSSR count). The maximum atomic E-state index is 4.24. The Hall–Kier alpha value is -1.64. The van der Waals surface area contributed by atoms with Crippen molar-refractivity contribution in [1.82, 2.24) is 14.8 Å². The van der Waals surface area contributed by atoms with Gasteiger partial charge in [0.25, 0.3) is 0 Å². The van der Waals surface area contributed by atoms with Crippen LogP contribution in [0.2, 0.25) is 0 Å². The molecule has 0 N–H and O–H groups in total. The summed E-state index contributed by atoms with van der Waals surface area (Å²) >= 11 is 0. The second-order valence-electron chi connectivity index (χ2n) is 5.61. The SMILES string of the molecule is Cc1ccc(C(C)(C)C(C)c2nncn2C)cc1. The maximum absolute atomic E-state index is 4.24. The molecule has 3 nitrogen and oxygen atoms in total. The number of rotatable bonds is 3. The van der Waals surface area contributed by atoms with Gasteiger partial charge < -0.3 is 4.57 Å². The molecule has 0 aliphatic rings. The van der Waals surface area contributed by atoms with Crippen LogP contribution in [0.15, 0.2) is 30.6 Å². The molecule has 1 heterocycles. The lowest BCUT2D eigenvalue weighted by Gasteiger charge is -2.31. The molecule has 0 saturated heterocycles. The molecule has 96 valence electrons. The molecule has 1 atom stereocenters. The first kappa shape index (κ1) is 12.8. The lowest BCUT2D eigenvalue weighted by Crippen LogP contribution is -2.27. The molecule has 1 aromatic carbocycles. The van der Waals surface area contributed by atoms with Crippen molar-refractivity contribution >= 4 is 0 Å². The normalized spacial score (nSPS) is 13.6. The quantitative estimate of drug-likeness (QED) is 0.828. The van der Waals surface area contributed by atoms with E-state index in [1.165, 1.54) is 11.1 Å². The fourth-order valence-electron chi connectivity index (χ4n) is 2.24. The summed E-state index contributed by atoms with van der Waals surface area (Å²) in [7, 11) is 2.00. The molecule has 0 radical (unpaired) electrons. The molecule has 0 fully saturated rings. The smallest absolute Gasteiger partial charge is 0.136 e. The van der Waals surface area contributed by atoms with Gasteiger partial charge in [0, 0.05) is 13.0 Å². The molecule has 1 unspecified atom stereocenters. The molecule has 0 saturated carbocycles. The number of hydrogen-bond acceptors (Lipinski definition) is 2. The van der Waals surface area contributed by atoms with Gasteiger partial charge in [0.1, 0.15) is 12.2 Å². The Kier molecular flexibility index (Phi) is 3.24. The van der Waals surface area contributed by atoms with Crippen LogP contribution in [-0.4, -0.2) is 14.8 Å². The third-order valence-electron chi connectivity index (χ3n) is 4.01. The molecular formula is C15H21N3. The summed E-state index contributed by atoms with van der Waals surface area (Å²) in [6.07, 6.45) is 1.76. The van der Waals surface area contributed by atoms with E-state index in [4.69, 9.17) is 0 Å². The third-order valence-corrected chi connectivity index (χ3v) is 4.01. The lowest BCUT2D eigenvalue weighted by atomic mass is 9.73. The minimum absolute atomic E-state index is 0.0362. The van der Waals surface area contributed by atoms with Crippen molar-refractivity contribution in [1.29, 1.82) is 0 Å². The Bertz CT molecular complexity index is 523. The summed E-state index contributed by atoms with van der Waals surface area (Å²) in [6, 6.07) is 8.76. The van der Waals surface area contributed by atoms with Crippen molar-refractivity contribution in [2.75, 3.05) is 0 Å². The number of aromatic nitrogens is 3. The Morgan fingerprint density at radius 2 is 1.78 bits per heavy atom. The standard InChI is InChI=1S/C15H21N3/c1-11-6-8-13(9-7-11)15(3,4)12(2)14-17-16-10-18(14)5/h6-10,12H,1-5H3. The van der Waals surface area contributed by atoms with Crippen molar-refractivity contribution < 1.29 is 0 Å². The van der Waals surface area contributed by atoms with Gasteiger partial charge in [-0.15, -0.1) is 10.2 Å². The van der Waals surface area contributed by atoms with Crippen molar-refractivity contribution in [2.24, 2.45) is 7.05 Å². The minimum atomic E-state index is 0.0362. The fourth-order valence-corrected chi connectivity index (χ4v) is 2.24. The van der Waals surface area contributed by atoms with E-state index in [9.17, 15) is 0 Å². The van der Waals surface area contributed by atoms with Crippen molar-refractivity contribution in [3.8, 4) is 0 Å². The van der Waals surface area contributed by atoms with E-state index in [1.807, 2.05) is 11.6 Å². The van der Waals surface area contributed by atoms with E-state index >= 15 is 0 Å². The van der Waals surface area contributed by atoms with Gasteiger partial charge in [0.05, 0.1) is 0 Å². The van der Waals surface area contributed by atoms with Gasteiger partial charge in [-0.1, -0.05) is 50.6 Å². The Morgan fingerprint density at radius 3 is 2.28 bits per heavy atom. The molecule has 2 aromatic rings. The monoisotopic (exact) mass is 243 g/mol. The third kappa shape index (κ3) is 2.17. The zero-order valence-corrected chi connectivity index (χ0v) is 11.8. The zero-order valence-electron chi connectivity index (χ0n) is 11.8. The topological polar surface area (TPSA) is 30.7 Å². The largest absolute Gasteiger partial charge is 0.320 e. The number of aryl methyl sites for hydroxylation is 2. The van der Waals surface area contributed by atoms with Crippen LogP contribution in [0.4, 0.5) is 0 Å².